The van der Waals surface area contributed by atoms with Gasteiger partial charge >= 0.3 is 0 Å². The SMILES string of the molecule is C=CCc1cc(CCCCC)ccc1N. The number of rotatable bonds is 6. The quantitative estimate of drug-likeness (QED) is 0.425. The smallest absolute Gasteiger partial charge is 0.0349 e. The summed E-state index contributed by atoms with van der Waals surface area (Å²) in [7, 11) is 0. The van der Waals surface area contributed by atoms with Crippen molar-refractivity contribution in [1.82, 2.24) is 0 Å². The molecule has 1 heteroatoms. The van der Waals surface area contributed by atoms with Crippen molar-refractivity contribution < 1.29 is 0 Å². The van der Waals surface area contributed by atoms with Gasteiger partial charge in [-0.2, -0.15) is 0 Å². The fourth-order valence-corrected chi connectivity index (χ4v) is 1.73. The Balaban J connectivity index is 2.65. The second-order valence-electron chi connectivity index (χ2n) is 3.98. The Bertz CT molecular complexity index is 315. The molecular weight excluding hydrogens is 182 g/mol. The minimum atomic E-state index is 0.869. The summed E-state index contributed by atoms with van der Waals surface area (Å²) in [6.45, 7) is 5.97. The molecule has 15 heavy (non-hydrogen) atoms. The molecule has 1 aromatic carbocycles. The molecule has 0 spiro atoms. The molecule has 0 fully saturated rings. The lowest BCUT2D eigenvalue weighted by atomic mass is 10.0. The van der Waals surface area contributed by atoms with Crippen molar-refractivity contribution in [2.24, 2.45) is 0 Å². The van der Waals surface area contributed by atoms with E-state index in [9.17, 15) is 0 Å². The highest BCUT2D eigenvalue weighted by Crippen LogP contribution is 2.17. The third-order valence-corrected chi connectivity index (χ3v) is 2.64. The van der Waals surface area contributed by atoms with Crippen LogP contribution in [-0.2, 0) is 12.8 Å². The van der Waals surface area contributed by atoms with Crippen molar-refractivity contribution in [1.29, 1.82) is 0 Å². The first-order valence-corrected chi connectivity index (χ1v) is 5.76. The Kier molecular flexibility index (Phi) is 4.96. The first-order chi connectivity index (χ1) is 7.27. The van der Waals surface area contributed by atoms with Gasteiger partial charge in [-0.25, -0.2) is 0 Å². The maximum atomic E-state index is 5.88. The third-order valence-electron chi connectivity index (χ3n) is 2.64. The summed E-state index contributed by atoms with van der Waals surface area (Å²) in [5.74, 6) is 0. The fourth-order valence-electron chi connectivity index (χ4n) is 1.73. The van der Waals surface area contributed by atoms with Crippen LogP contribution in [0.25, 0.3) is 0 Å². The summed E-state index contributed by atoms with van der Waals surface area (Å²) in [5.41, 5.74) is 9.37. The van der Waals surface area contributed by atoms with Crippen molar-refractivity contribution in [2.45, 2.75) is 39.0 Å². The van der Waals surface area contributed by atoms with Gasteiger partial charge in [0.25, 0.3) is 0 Å². The van der Waals surface area contributed by atoms with E-state index >= 15 is 0 Å². The molecule has 0 aliphatic rings. The molecule has 0 heterocycles. The first kappa shape index (κ1) is 11.8. The van der Waals surface area contributed by atoms with Crippen LogP contribution in [0, 0.1) is 0 Å². The standard InChI is InChI=1S/C14H21N/c1-3-5-6-8-12-9-10-14(15)13(11-12)7-4-2/h4,9-11H,2-3,5-8,15H2,1H3. The Labute approximate surface area is 93.0 Å². The maximum Gasteiger partial charge on any atom is 0.0349 e. The van der Waals surface area contributed by atoms with Gasteiger partial charge in [-0.1, -0.05) is 38.0 Å². The fraction of sp³-hybridized carbons (Fsp3) is 0.429. The average molecular weight is 203 g/mol. The van der Waals surface area contributed by atoms with Crippen LogP contribution in [0.2, 0.25) is 0 Å². The number of hydrogen-bond donors (Lipinski definition) is 1. The zero-order chi connectivity index (χ0) is 11.1. The van der Waals surface area contributed by atoms with Crippen LogP contribution in [-0.4, -0.2) is 0 Å². The monoisotopic (exact) mass is 203 g/mol. The third kappa shape index (κ3) is 3.78. The maximum absolute atomic E-state index is 5.88. The summed E-state index contributed by atoms with van der Waals surface area (Å²) < 4.78 is 0. The Morgan fingerprint density at radius 1 is 1.33 bits per heavy atom. The summed E-state index contributed by atoms with van der Waals surface area (Å²) in [6, 6.07) is 6.37. The molecule has 1 rings (SSSR count). The molecule has 0 aromatic heterocycles. The van der Waals surface area contributed by atoms with Crippen molar-refractivity contribution in [2.75, 3.05) is 5.73 Å². The van der Waals surface area contributed by atoms with Gasteiger partial charge in [0, 0.05) is 5.69 Å². The molecule has 0 radical (unpaired) electrons. The zero-order valence-corrected chi connectivity index (χ0v) is 9.63. The predicted octanol–water partition coefficient (Wildman–Crippen LogP) is 3.73. The van der Waals surface area contributed by atoms with E-state index in [2.05, 4.69) is 25.6 Å². The van der Waals surface area contributed by atoms with Crippen LogP contribution >= 0.6 is 0 Å². The molecule has 0 aliphatic carbocycles. The van der Waals surface area contributed by atoms with Crippen molar-refractivity contribution in [3.05, 3.63) is 42.0 Å². The number of benzene rings is 1. The van der Waals surface area contributed by atoms with Crippen LogP contribution < -0.4 is 5.73 Å². The molecule has 1 aromatic rings. The number of anilines is 1. The van der Waals surface area contributed by atoms with Crippen LogP contribution in [0.15, 0.2) is 30.9 Å². The molecule has 0 bridgehead atoms. The highest BCUT2D eigenvalue weighted by molar-refractivity contribution is 5.49. The van der Waals surface area contributed by atoms with E-state index in [0.717, 1.165) is 18.5 Å². The van der Waals surface area contributed by atoms with Gasteiger partial charge in [0.05, 0.1) is 0 Å². The Morgan fingerprint density at radius 2 is 2.13 bits per heavy atom. The molecule has 0 saturated carbocycles. The minimum absolute atomic E-state index is 0.869. The summed E-state index contributed by atoms with van der Waals surface area (Å²) in [6.07, 6.45) is 7.79. The van der Waals surface area contributed by atoms with Crippen molar-refractivity contribution >= 4 is 5.69 Å². The highest BCUT2D eigenvalue weighted by atomic mass is 14.6. The molecule has 82 valence electrons. The lowest BCUT2D eigenvalue weighted by Crippen LogP contribution is -1.95. The number of unbranched alkanes of at least 4 members (excludes halogenated alkanes) is 2. The number of nitrogens with two attached hydrogens (primary N) is 1. The molecule has 0 aliphatic heterocycles. The summed E-state index contributed by atoms with van der Waals surface area (Å²) in [4.78, 5) is 0. The van der Waals surface area contributed by atoms with Crippen molar-refractivity contribution in [3.8, 4) is 0 Å². The van der Waals surface area contributed by atoms with E-state index < -0.39 is 0 Å². The average Bonchev–Trinajstić information content (AvgIpc) is 2.23. The van der Waals surface area contributed by atoms with Crippen LogP contribution in [0.3, 0.4) is 0 Å². The minimum Gasteiger partial charge on any atom is -0.398 e. The summed E-state index contributed by atoms with van der Waals surface area (Å²) in [5, 5.41) is 0. The number of aryl methyl sites for hydroxylation is 1. The van der Waals surface area contributed by atoms with Crippen LogP contribution in [0.5, 0.6) is 0 Å². The van der Waals surface area contributed by atoms with Crippen LogP contribution in [0.4, 0.5) is 5.69 Å². The van der Waals surface area contributed by atoms with E-state index in [1.54, 1.807) is 0 Å². The van der Waals surface area contributed by atoms with Gasteiger partial charge in [-0.15, -0.1) is 6.58 Å². The van der Waals surface area contributed by atoms with E-state index in [1.807, 2.05) is 12.1 Å². The predicted molar refractivity (Wildman–Crippen MR) is 68.0 cm³/mol. The molecular formula is C14H21N. The van der Waals surface area contributed by atoms with Gasteiger partial charge in [0.2, 0.25) is 0 Å². The van der Waals surface area contributed by atoms with Gasteiger partial charge in [-0.05, 0) is 36.5 Å². The molecule has 2 N–H and O–H groups in total. The van der Waals surface area contributed by atoms with Crippen molar-refractivity contribution in [3.63, 3.8) is 0 Å². The lowest BCUT2D eigenvalue weighted by Gasteiger charge is -2.06. The molecule has 0 amide bonds. The van der Waals surface area contributed by atoms with Gasteiger partial charge in [0.1, 0.15) is 0 Å². The molecule has 0 saturated heterocycles. The van der Waals surface area contributed by atoms with Gasteiger partial charge in [0.15, 0.2) is 0 Å². The van der Waals surface area contributed by atoms with Crippen LogP contribution in [0.1, 0.15) is 37.3 Å². The second kappa shape index (κ2) is 6.28. The first-order valence-electron chi connectivity index (χ1n) is 5.76. The topological polar surface area (TPSA) is 26.0 Å². The normalized spacial score (nSPS) is 10.2. The number of hydrogen-bond acceptors (Lipinski definition) is 1. The number of allylic oxidation sites excluding steroid dienone is 1. The van der Waals surface area contributed by atoms with Gasteiger partial charge in [-0.3, -0.25) is 0 Å². The molecule has 1 nitrogen and oxygen atoms in total. The summed E-state index contributed by atoms with van der Waals surface area (Å²) >= 11 is 0. The lowest BCUT2D eigenvalue weighted by molar-refractivity contribution is 0.717. The Hall–Kier alpha value is -1.24. The second-order valence-corrected chi connectivity index (χ2v) is 3.98. The Morgan fingerprint density at radius 3 is 2.80 bits per heavy atom. The largest absolute Gasteiger partial charge is 0.398 e. The molecule has 0 atom stereocenters. The molecule has 0 unspecified atom stereocenters. The van der Waals surface area contributed by atoms with E-state index in [0.29, 0.717) is 0 Å². The van der Waals surface area contributed by atoms with E-state index in [-0.39, 0.29) is 0 Å². The highest BCUT2D eigenvalue weighted by Gasteiger charge is 1.99. The van der Waals surface area contributed by atoms with E-state index in [4.69, 9.17) is 5.73 Å². The number of nitrogen functional groups attached to an aromatic ring is 1. The van der Waals surface area contributed by atoms with Gasteiger partial charge < -0.3 is 5.73 Å². The van der Waals surface area contributed by atoms with E-state index in [1.165, 1.54) is 30.4 Å². The zero-order valence-electron chi connectivity index (χ0n) is 9.63.